The third kappa shape index (κ3) is 2.67. The van der Waals surface area contributed by atoms with Crippen LogP contribution in [0.2, 0.25) is 10.0 Å². The highest BCUT2D eigenvalue weighted by atomic mass is 35.5. The molecule has 1 atom stereocenters. The number of hydrogen-bond donors (Lipinski definition) is 2. The first-order valence-corrected chi connectivity index (χ1v) is 7.25. The molecule has 1 aromatic rings. The van der Waals surface area contributed by atoms with Crippen molar-refractivity contribution < 1.29 is 4.92 Å². The van der Waals surface area contributed by atoms with E-state index in [0.29, 0.717) is 28.3 Å². The minimum absolute atomic E-state index is 0.0856. The number of halogens is 2. The van der Waals surface area contributed by atoms with Crippen LogP contribution in [0.25, 0.3) is 0 Å². The number of aliphatic imine (C=N–C) groups is 1. The maximum absolute atomic E-state index is 11.6. The SMILES string of the molecule is CCC1=C([N+](=O)[O-])C(c2cccc(Cl)c2Cl)/C(=C/N)C(N)=N1. The Labute approximate surface area is 137 Å². The van der Waals surface area contributed by atoms with E-state index in [9.17, 15) is 10.1 Å². The molecule has 0 bridgehead atoms. The summed E-state index contributed by atoms with van der Waals surface area (Å²) in [4.78, 5) is 15.2. The van der Waals surface area contributed by atoms with Crippen LogP contribution >= 0.6 is 23.2 Å². The molecule has 0 amide bonds. The maximum atomic E-state index is 11.6. The smallest absolute Gasteiger partial charge is 0.279 e. The monoisotopic (exact) mass is 340 g/mol. The number of benzene rings is 1. The van der Waals surface area contributed by atoms with Gasteiger partial charge < -0.3 is 11.5 Å². The summed E-state index contributed by atoms with van der Waals surface area (Å²) >= 11 is 12.3. The van der Waals surface area contributed by atoms with Gasteiger partial charge in [-0.3, -0.25) is 10.1 Å². The lowest BCUT2D eigenvalue weighted by Crippen LogP contribution is -2.29. The zero-order chi connectivity index (χ0) is 16.4. The summed E-state index contributed by atoms with van der Waals surface area (Å²) in [6.45, 7) is 1.77. The molecular weight excluding hydrogens is 327 g/mol. The number of nitro groups is 1. The van der Waals surface area contributed by atoms with Gasteiger partial charge in [-0.2, -0.15) is 0 Å². The molecule has 1 aliphatic rings. The topological polar surface area (TPSA) is 108 Å². The van der Waals surface area contributed by atoms with Crippen molar-refractivity contribution >= 4 is 29.0 Å². The molecule has 2 rings (SSSR count). The van der Waals surface area contributed by atoms with Gasteiger partial charge in [0.05, 0.1) is 15.0 Å². The Morgan fingerprint density at radius 1 is 1.45 bits per heavy atom. The molecule has 0 aliphatic carbocycles. The molecule has 1 aliphatic heterocycles. The molecule has 22 heavy (non-hydrogen) atoms. The van der Waals surface area contributed by atoms with Crippen molar-refractivity contribution in [1.82, 2.24) is 0 Å². The largest absolute Gasteiger partial charge is 0.404 e. The molecule has 1 unspecified atom stereocenters. The Morgan fingerprint density at radius 2 is 2.14 bits per heavy atom. The van der Waals surface area contributed by atoms with Crippen LogP contribution < -0.4 is 11.5 Å². The van der Waals surface area contributed by atoms with Crippen molar-refractivity contribution in [1.29, 1.82) is 0 Å². The van der Waals surface area contributed by atoms with Crippen molar-refractivity contribution in [3.63, 3.8) is 0 Å². The summed E-state index contributed by atoms with van der Waals surface area (Å²) < 4.78 is 0. The van der Waals surface area contributed by atoms with Crippen LogP contribution in [0.5, 0.6) is 0 Å². The van der Waals surface area contributed by atoms with Gasteiger partial charge in [0.2, 0.25) is 0 Å². The van der Waals surface area contributed by atoms with Crippen molar-refractivity contribution in [2.24, 2.45) is 16.5 Å². The lowest BCUT2D eigenvalue weighted by Gasteiger charge is -2.24. The van der Waals surface area contributed by atoms with E-state index in [1.54, 1.807) is 25.1 Å². The summed E-state index contributed by atoms with van der Waals surface area (Å²) in [6, 6.07) is 4.94. The Bertz CT molecular complexity index is 726. The quantitative estimate of drug-likeness (QED) is 0.650. The fourth-order valence-electron chi connectivity index (χ4n) is 2.44. The Hall–Kier alpha value is -2.05. The average molecular weight is 341 g/mol. The average Bonchev–Trinajstić information content (AvgIpc) is 2.48. The van der Waals surface area contributed by atoms with Crippen molar-refractivity contribution in [3.8, 4) is 0 Å². The molecule has 0 fully saturated rings. The lowest BCUT2D eigenvalue weighted by molar-refractivity contribution is -0.430. The predicted octanol–water partition coefficient (Wildman–Crippen LogP) is 3.19. The number of amidine groups is 1. The van der Waals surface area contributed by atoms with Gasteiger partial charge in [0, 0.05) is 11.8 Å². The molecular formula is C14H14Cl2N4O2. The van der Waals surface area contributed by atoms with Crippen LogP contribution in [0.1, 0.15) is 24.8 Å². The highest BCUT2D eigenvalue weighted by Crippen LogP contribution is 2.42. The molecule has 0 saturated heterocycles. The summed E-state index contributed by atoms with van der Waals surface area (Å²) in [6.07, 6.45) is 1.58. The van der Waals surface area contributed by atoms with E-state index in [2.05, 4.69) is 4.99 Å². The van der Waals surface area contributed by atoms with Crippen LogP contribution in [0.3, 0.4) is 0 Å². The zero-order valence-electron chi connectivity index (χ0n) is 11.7. The van der Waals surface area contributed by atoms with Gasteiger partial charge in [0.15, 0.2) is 0 Å². The minimum atomic E-state index is -0.807. The Kier molecular flexibility index (Phi) is 4.73. The zero-order valence-corrected chi connectivity index (χ0v) is 13.2. The molecule has 0 radical (unpaired) electrons. The summed E-state index contributed by atoms with van der Waals surface area (Å²) in [5, 5.41) is 12.1. The molecule has 0 saturated carbocycles. The van der Waals surface area contributed by atoms with Crippen molar-refractivity contribution in [2.75, 3.05) is 0 Å². The highest BCUT2D eigenvalue weighted by Gasteiger charge is 2.39. The lowest BCUT2D eigenvalue weighted by atomic mass is 9.85. The number of hydrogen-bond acceptors (Lipinski definition) is 5. The van der Waals surface area contributed by atoms with Crippen LogP contribution in [0.4, 0.5) is 0 Å². The molecule has 6 nitrogen and oxygen atoms in total. The number of allylic oxidation sites excluding steroid dienone is 2. The fourth-order valence-corrected chi connectivity index (χ4v) is 2.86. The molecule has 1 aromatic carbocycles. The van der Waals surface area contributed by atoms with Gasteiger partial charge in [0.25, 0.3) is 5.70 Å². The first kappa shape index (κ1) is 16.3. The van der Waals surface area contributed by atoms with E-state index in [-0.39, 0.29) is 16.6 Å². The van der Waals surface area contributed by atoms with Crippen molar-refractivity contribution in [3.05, 3.63) is 67.1 Å². The van der Waals surface area contributed by atoms with E-state index >= 15 is 0 Å². The second-order valence-corrected chi connectivity index (χ2v) is 5.42. The number of nitrogens with two attached hydrogens (primary N) is 2. The van der Waals surface area contributed by atoms with Crippen LogP contribution in [-0.2, 0) is 0 Å². The van der Waals surface area contributed by atoms with Crippen LogP contribution in [0.15, 0.2) is 46.4 Å². The predicted molar refractivity (Wildman–Crippen MR) is 87.4 cm³/mol. The number of rotatable bonds is 3. The van der Waals surface area contributed by atoms with Gasteiger partial charge in [-0.05, 0) is 18.1 Å². The number of nitrogens with zero attached hydrogens (tertiary/aromatic N) is 2. The fraction of sp³-hybridized carbons (Fsp3) is 0.214. The highest BCUT2D eigenvalue weighted by molar-refractivity contribution is 6.42. The standard InChI is InChI=1S/C14H14Cl2N4O2/c1-2-10-13(20(21)22)11(8(6-17)14(18)19-10)7-4-3-5-9(15)12(7)16/h3-6,11H,2,17H2,1H3,(H2,18,19)/b8-6-. The molecule has 4 N–H and O–H groups in total. The first-order chi connectivity index (χ1) is 10.4. The summed E-state index contributed by atoms with van der Waals surface area (Å²) in [5.41, 5.74) is 12.5. The minimum Gasteiger partial charge on any atom is -0.404 e. The molecule has 1 heterocycles. The van der Waals surface area contributed by atoms with Crippen LogP contribution in [-0.4, -0.2) is 10.8 Å². The normalized spacial score (nSPS) is 20.2. The second-order valence-electron chi connectivity index (χ2n) is 4.64. The summed E-state index contributed by atoms with van der Waals surface area (Å²) in [7, 11) is 0. The van der Waals surface area contributed by atoms with Gasteiger partial charge in [-0.25, -0.2) is 4.99 Å². The first-order valence-electron chi connectivity index (χ1n) is 6.50. The Balaban J connectivity index is 2.78. The third-order valence-electron chi connectivity index (χ3n) is 3.43. The van der Waals surface area contributed by atoms with Gasteiger partial charge >= 0.3 is 0 Å². The second kappa shape index (κ2) is 6.37. The van der Waals surface area contributed by atoms with E-state index in [4.69, 9.17) is 34.7 Å². The van der Waals surface area contributed by atoms with Gasteiger partial charge in [0.1, 0.15) is 17.5 Å². The van der Waals surface area contributed by atoms with E-state index in [1.807, 2.05) is 0 Å². The molecule has 0 aromatic heterocycles. The van der Waals surface area contributed by atoms with E-state index in [0.717, 1.165) is 0 Å². The molecule has 8 heteroatoms. The van der Waals surface area contributed by atoms with Gasteiger partial charge in [-0.15, -0.1) is 0 Å². The van der Waals surface area contributed by atoms with Gasteiger partial charge in [-0.1, -0.05) is 42.3 Å². The maximum Gasteiger partial charge on any atom is 0.279 e. The molecule has 0 spiro atoms. The third-order valence-corrected chi connectivity index (χ3v) is 4.27. The van der Waals surface area contributed by atoms with E-state index in [1.165, 1.54) is 6.20 Å². The molecule has 116 valence electrons. The summed E-state index contributed by atoms with van der Waals surface area (Å²) in [5.74, 6) is -0.662. The van der Waals surface area contributed by atoms with Crippen molar-refractivity contribution in [2.45, 2.75) is 19.3 Å². The van der Waals surface area contributed by atoms with E-state index < -0.39 is 10.8 Å². The van der Waals surface area contributed by atoms with Crippen LogP contribution in [0, 0.1) is 10.1 Å². The Morgan fingerprint density at radius 3 is 2.68 bits per heavy atom.